The molecule has 2 aromatic carbocycles. The molecule has 3 aliphatic heterocycles. The summed E-state index contributed by atoms with van der Waals surface area (Å²) >= 11 is 0. The van der Waals surface area contributed by atoms with Gasteiger partial charge in [-0.25, -0.2) is 4.79 Å². The molecular weight excluding hydrogens is 620 g/mol. The summed E-state index contributed by atoms with van der Waals surface area (Å²) in [7, 11) is 0. The van der Waals surface area contributed by atoms with Crippen LogP contribution in [0.15, 0.2) is 54.6 Å². The van der Waals surface area contributed by atoms with Gasteiger partial charge in [0.05, 0.1) is 56.3 Å². The molecular formula is C38H44N6O5. The Morgan fingerprint density at radius 2 is 1.71 bits per heavy atom. The Bertz CT molecular complexity index is 1680. The molecule has 0 bridgehead atoms. The first-order chi connectivity index (χ1) is 24.0. The minimum Gasteiger partial charge on any atom is -0.463 e. The fourth-order valence-corrected chi connectivity index (χ4v) is 7.93. The van der Waals surface area contributed by atoms with Gasteiger partial charge in [-0.05, 0) is 29.5 Å². The maximum atomic E-state index is 13.3. The number of carbonyl (C=O) groups excluding carboxylic acids is 1. The average molecular weight is 665 g/mol. The molecule has 49 heavy (non-hydrogen) atoms. The summed E-state index contributed by atoms with van der Waals surface area (Å²) in [6, 6.07) is 20.6. The smallest absolute Gasteiger partial charge is 0.410 e. The fourth-order valence-electron chi connectivity index (χ4n) is 7.93. The third kappa shape index (κ3) is 6.95. The number of ether oxygens (including phenoxy) is 4. The molecule has 2 saturated heterocycles. The Morgan fingerprint density at radius 1 is 0.959 bits per heavy atom. The Kier molecular flexibility index (Phi) is 8.87. The summed E-state index contributed by atoms with van der Waals surface area (Å²) in [5.41, 5.74) is 5.33. The van der Waals surface area contributed by atoms with Crippen LogP contribution in [-0.4, -0.2) is 96.6 Å². The zero-order chi connectivity index (χ0) is 33.3. The van der Waals surface area contributed by atoms with E-state index in [1.165, 1.54) is 11.1 Å². The standard InChI is InChI=1S/C38H44N6O5/c39-13-10-31-23-43(14-15-44(31)36(45)47-24-28-6-2-1-3-7-28)34-32-25-49-38(20-29-8-4-5-9-30(29)21-38)22-33(32)40-35(41-34)48-27-37(11-12-37)26-42-16-18-46-19-17-42/h1-9,31H,10-12,14-27H2/t31-/m0/s1. The van der Waals surface area contributed by atoms with Crippen molar-refractivity contribution in [2.24, 2.45) is 5.41 Å². The van der Waals surface area contributed by atoms with Crippen LogP contribution >= 0.6 is 0 Å². The number of aromatic nitrogens is 2. The number of hydrogen-bond acceptors (Lipinski definition) is 10. The summed E-state index contributed by atoms with van der Waals surface area (Å²) < 4.78 is 24.5. The summed E-state index contributed by atoms with van der Waals surface area (Å²) in [5, 5.41) is 9.76. The Labute approximate surface area is 287 Å². The van der Waals surface area contributed by atoms with E-state index >= 15 is 0 Å². The van der Waals surface area contributed by atoms with Crippen molar-refractivity contribution in [2.45, 2.75) is 63.4 Å². The van der Waals surface area contributed by atoms with Crippen molar-refractivity contribution in [3.63, 3.8) is 0 Å². The number of benzene rings is 2. The molecule has 0 radical (unpaired) electrons. The molecule has 3 aromatic rings. The van der Waals surface area contributed by atoms with Gasteiger partial charge in [-0.3, -0.25) is 4.90 Å². The van der Waals surface area contributed by atoms with Gasteiger partial charge in [0.2, 0.25) is 0 Å². The molecule has 2 aliphatic carbocycles. The van der Waals surface area contributed by atoms with Crippen LogP contribution < -0.4 is 9.64 Å². The Balaban J connectivity index is 1.03. The van der Waals surface area contributed by atoms with Gasteiger partial charge in [0.15, 0.2) is 0 Å². The first kappa shape index (κ1) is 32.0. The number of fused-ring (bicyclic) bond motifs is 2. The number of rotatable bonds is 9. The van der Waals surface area contributed by atoms with Crippen LogP contribution in [0.4, 0.5) is 10.6 Å². The zero-order valence-electron chi connectivity index (χ0n) is 28.0. The van der Waals surface area contributed by atoms with Crippen LogP contribution in [0.1, 0.15) is 47.2 Å². The molecule has 1 aromatic heterocycles. The second-order valence-corrected chi connectivity index (χ2v) is 14.4. The van der Waals surface area contributed by atoms with E-state index in [0.29, 0.717) is 45.3 Å². The van der Waals surface area contributed by atoms with E-state index in [9.17, 15) is 10.1 Å². The topological polar surface area (TPSA) is 113 Å². The second-order valence-electron chi connectivity index (χ2n) is 14.4. The van der Waals surface area contributed by atoms with Crippen molar-refractivity contribution in [2.75, 3.05) is 64.0 Å². The third-order valence-corrected chi connectivity index (χ3v) is 10.9. The summed E-state index contributed by atoms with van der Waals surface area (Å²) in [4.78, 5) is 29.7. The van der Waals surface area contributed by atoms with Gasteiger partial charge in [-0.1, -0.05) is 54.6 Å². The maximum Gasteiger partial charge on any atom is 0.410 e. The number of hydrogen-bond donors (Lipinski definition) is 0. The van der Waals surface area contributed by atoms with E-state index in [1.807, 2.05) is 30.3 Å². The highest BCUT2D eigenvalue weighted by Gasteiger charge is 2.46. The van der Waals surface area contributed by atoms with Gasteiger partial charge in [0, 0.05) is 69.5 Å². The van der Waals surface area contributed by atoms with Crippen LogP contribution in [0.3, 0.4) is 0 Å². The number of anilines is 1. The highest BCUT2D eigenvalue weighted by molar-refractivity contribution is 5.69. The third-order valence-electron chi connectivity index (χ3n) is 10.9. The van der Waals surface area contributed by atoms with E-state index in [4.69, 9.17) is 28.9 Å². The number of nitriles is 1. The molecule has 4 heterocycles. The van der Waals surface area contributed by atoms with Crippen LogP contribution in [0.5, 0.6) is 6.01 Å². The van der Waals surface area contributed by atoms with Crippen LogP contribution in [0.25, 0.3) is 0 Å². The van der Waals surface area contributed by atoms with Crippen molar-refractivity contribution in [1.82, 2.24) is 19.8 Å². The molecule has 11 nitrogen and oxygen atoms in total. The fraction of sp³-hybridized carbons (Fsp3) is 0.526. The minimum absolute atomic E-state index is 0.123. The van der Waals surface area contributed by atoms with Crippen LogP contribution in [0.2, 0.25) is 0 Å². The molecule has 3 fully saturated rings. The SMILES string of the molecule is N#CC[C@H]1CN(c2nc(OCC3(CN4CCOCC4)CC3)nc3c2COC2(Cc4ccccc4C2)C3)CCN1C(=O)OCc1ccccc1. The van der Waals surface area contributed by atoms with Crippen molar-refractivity contribution < 1.29 is 23.7 Å². The van der Waals surface area contributed by atoms with E-state index in [1.54, 1.807) is 4.90 Å². The Morgan fingerprint density at radius 3 is 2.45 bits per heavy atom. The maximum absolute atomic E-state index is 13.3. The highest BCUT2D eigenvalue weighted by Crippen LogP contribution is 2.47. The molecule has 1 spiro atoms. The van der Waals surface area contributed by atoms with E-state index in [-0.39, 0.29) is 30.1 Å². The molecule has 5 aliphatic rings. The second kappa shape index (κ2) is 13.6. The molecule has 0 N–H and O–H groups in total. The highest BCUT2D eigenvalue weighted by atomic mass is 16.6. The van der Waals surface area contributed by atoms with Gasteiger partial charge >= 0.3 is 12.1 Å². The van der Waals surface area contributed by atoms with Gasteiger partial charge < -0.3 is 28.7 Å². The molecule has 256 valence electrons. The normalized spacial score (nSPS) is 22.2. The number of carbonyl (C=O) groups is 1. The summed E-state index contributed by atoms with van der Waals surface area (Å²) in [5.74, 6) is 0.781. The number of piperazine rings is 1. The number of amides is 1. The summed E-state index contributed by atoms with van der Waals surface area (Å²) in [6.45, 7) is 7.07. The predicted octanol–water partition coefficient (Wildman–Crippen LogP) is 4.32. The number of nitrogens with zero attached hydrogens (tertiary/aromatic N) is 6. The molecule has 1 atom stereocenters. The Hall–Kier alpha value is -4.24. The zero-order valence-corrected chi connectivity index (χ0v) is 28.0. The van der Waals surface area contributed by atoms with Gasteiger partial charge in [0.25, 0.3) is 0 Å². The average Bonchev–Trinajstić information content (AvgIpc) is 3.80. The molecule has 1 amide bonds. The summed E-state index contributed by atoms with van der Waals surface area (Å²) in [6.07, 6.45) is 4.44. The van der Waals surface area contributed by atoms with Crippen LogP contribution in [0, 0.1) is 16.7 Å². The van der Waals surface area contributed by atoms with Crippen molar-refractivity contribution in [1.29, 1.82) is 5.26 Å². The monoisotopic (exact) mass is 664 g/mol. The lowest BCUT2D eigenvalue weighted by molar-refractivity contribution is -0.0613. The first-order valence-electron chi connectivity index (χ1n) is 17.6. The predicted molar refractivity (Wildman–Crippen MR) is 181 cm³/mol. The largest absolute Gasteiger partial charge is 0.463 e. The van der Waals surface area contributed by atoms with E-state index in [2.05, 4.69) is 40.1 Å². The molecule has 1 saturated carbocycles. The van der Waals surface area contributed by atoms with Crippen LogP contribution in [-0.2, 0) is 46.7 Å². The van der Waals surface area contributed by atoms with Crippen molar-refractivity contribution in [3.05, 3.63) is 82.5 Å². The first-order valence-corrected chi connectivity index (χ1v) is 17.6. The van der Waals surface area contributed by atoms with E-state index < -0.39 is 6.09 Å². The number of morpholine rings is 1. The lowest BCUT2D eigenvalue weighted by Gasteiger charge is -2.42. The molecule has 8 rings (SSSR count). The molecule has 11 heteroatoms. The lowest BCUT2D eigenvalue weighted by Crippen LogP contribution is -2.56. The quantitative estimate of drug-likeness (QED) is 0.328. The van der Waals surface area contributed by atoms with Gasteiger partial charge in [0.1, 0.15) is 12.4 Å². The van der Waals surface area contributed by atoms with Gasteiger partial charge in [-0.2, -0.15) is 15.2 Å². The van der Waals surface area contributed by atoms with Gasteiger partial charge in [-0.15, -0.1) is 0 Å². The molecule has 0 unspecified atom stereocenters. The van der Waals surface area contributed by atoms with E-state index in [0.717, 1.165) is 81.2 Å². The minimum atomic E-state index is -0.404. The van der Waals surface area contributed by atoms with Crippen molar-refractivity contribution in [3.8, 4) is 12.1 Å². The van der Waals surface area contributed by atoms with Crippen molar-refractivity contribution >= 4 is 11.9 Å². The lowest BCUT2D eigenvalue weighted by atomic mass is 9.89.